The minimum absolute atomic E-state index is 0.194. The molecule has 1 amide bonds. The number of rotatable bonds is 17. The van der Waals surface area contributed by atoms with Crippen LogP contribution in [0.4, 0.5) is 29.3 Å². The molecule has 2 aromatic rings. The van der Waals surface area contributed by atoms with Crippen molar-refractivity contribution in [3.05, 3.63) is 68.8 Å². The summed E-state index contributed by atoms with van der Waals surface area (Å²) in [6, 6.07) is 10.6. The predicted octanol–water partition coefficient (Wildman–Crippen LogP) is 6.31. The molecule has 57 heavy (non-hydrogen) atoms. The molecule has 0 saturated heterocycles. The van der Waals surface area contributed by atoms with Crippen molar-refractivity contribution < 1.29 is 59.3 Å². The molecule has 2 aromatic carbocycles. The van der Waals surface area contributed by atoms with Crippen LogP contribution in [0.2, 0.25) is 0 Å². The number of carbonyl (C=O) groups is 2. The second kappa shape index (κ2) is 26.9. The minimum Gasteiger partial charge on any atom is -0.475 e. The second-order valence-corrected chi connectivity index (χ2v) is 17.2. The van der Waals surface area contributed by atoms with Crippen molar-refractivity contribution in [2.75, 3.05) is 45.6 Å². The molecule has 0 radical (unpaired) electrons. The number of halogens is 5. The van der Waals surface area contributed by atoms with Crippen LogP contribution in [0.25, 0.3) is 0 Å². The standard InChI is InChI=1S/C17H27N3O6S.C12H19N3O4S.C2HF3O2.CH2Cl2/c1-17(2,3)26-16(21)18-12-8-5-9-13-19(4)27(24,25)15-11-7-6-10-14(15)20(22)23;1-14(10-6-2-5-9-13)20(18,19)12-8-4-3-7-11(12)15(16)17;3-2(4,5)1(6)7;2-1-3/h6-7,10-11H,5,8-9,12-13H2,1-4H3,(H,18,21);3-4,7-8H,2,5-6,9-10,13H2,1H3;(H,6,7);1H2. The summed E-state index contributed by atoms with van der Waals surface area (Å²) in [5, 5.41) is 31.9. The zero-order valence-electron chi connectivity index (χ0n) is 31.9. The fraction of sp³-hybridized carbons (Fsp3) is 0.562. The number of ether oxygens (including phenoxy) is 1. The van der Waals surface area contributed by atoms with Gasteiger partial charge in [-0.3, -0.25) is 20.2 Å². The summed E-state index contributed by atoms with van der Waals surface area (Å²) >= 11 is 9.53. The number of nitro benzene ring substituents is 2. The summed E-state index contributed by atoms with van der Waals surface area (Å²) in [6.45, 7) is 6.87. The number of nitro groups is 2. The fourth-order valence-corrected chi connectivity index (χ4v) is 6.75. The molecule has 25 heteroatoms. The van der Waals surface area contributed by atoms with E-state index in [0.29, 0.717) is 45.3 Å². The lowest BCUT2D eigenvalue weighted by Gasteiger charge is -2.19. The first kappa shape index (κ1) is 55.2. The van der Waals surface area contributed by atoms with Crippen LogP contribution in [0.5, 0.6) is 0 Å². The van der Waals surface area contributed by atoms with Crippen LogP contribution in [0, 0.1) is 20.2 Å². The number of carboxylic acids is 1. The van der Waals surface area contributed by atoms with Gasteiger partial charge in [0.15, 0.2) is 9.79 Å². The van der Waals surface area contributed by atoms with Gasteiger partial charge in [-0.2, -0.15) is 13.2 Å². The Labute approximate surface area is 339 Å². The highest BCUT2D eigenvalue weighted by molar-refractivity contribution is 7.89. The van der Waals surface area contributed by atoms with E-state index < -0.39 is 65.1 Å². The molecular weight excluding hydrogens is 852 g/mol. The third kappa shape index (κ3) is 22.6. The highest BCUT2D eigenvalue weighted by Crippen LogP contribution is 2.27. The molecule has 0 heterocycles. The number of sulfonamides is 2. The predicted molar refractivity (Wildman–Crippen MR) is 207 cm³/mol. The molecule has 0 fully saturated rings. The van der Waals surface area contributed by atoms with E-state index in [2.05, 4.69) is 5.32 Å². The van der Waals surface area contributed by atoms with Crippen LogP contribution in [-0.2, 0) is 29.6 Å². The van der Waals surface area contributed by atoms with Crippen molar-refractivity contribution in [2.24, 2.45) is 5.73 Å². The molecule has 0 aliphatic rings. The molecule has 0 aromatic heterocycles. The maximum atomic E-state index is 12.5. The Kier molecular flexibility index (Phi) is 26.1. The number of hydrogen-bond donors (Lipinski definition) is 3. The molecule has 0 aliphatic heterocycles. The van der Waals surface area contributed by atoms with E-state index in [1.807, 2.05) is 0 Å². The molecule has 18 nitrogen and oxygen atoms in total. The average molecular weight is 902 g/mol. The normalized spacial score (nSPS) is 11.5. The van der Waals surface area contributed by atoms with Crippen LogP contribution in [-0.4, -0.2) is 110 Å². The number of alkyl halides is 5. The Bertz CT molecular complexity index is 1790. The number of nitrogens with two attached hydrogens (primary N) is 1. The molecule has 4 N–H and O–H groups in total. The van der Waals surface area contributed by atoms with E-state index >= 15 is 0 Å². The van der Waals surface area contributed by atoms with E-state index in [0.717, 1.165) is 21.5 Å². The number of nitrogens with zero attached hydrogens (tertiary/aromatic N) is 4. The number of hydrogen-bond acceptors (Lipinski definition) is 12. The highest BCUT2D eigenvalue weighted by Gasteiger charge is 2.38. The molecule has 0 atom stereocenters. The van der Waals surface area contributed by atoms with E-state index in [-0.39, 0.29) is 21.7 Å². The number of amides is 1. The van der Waals surface area contributed by atoms with Crippen molar-refractivity contribution in [1.29, 1.82) is 0 Å². The monoisotopic (exact) mass is 900 g/mol. The van der Waals surface area contributed by atoms with Gasteiger partial charge in [-0.05, 0) is 65.1 Å². The van der Waals surface area contributed by atoms with Crippen molar-refractivity contribution in [2.45, 2.75) is 80.9 Å². The summed E-state index contributed by atoms with van der Waals surface area (Å²) in [7, 11) is -4.96. The lowest BCUT2D eigenvalue weighted by atomic mass is 10.2. The number of unbranched alkanes of at least 4 members (excludes halogenated alkanes) is 4. The van der Waals surface area contributed by atoms with Gasteiger partial charge in [0.25, 0.3) is 11.4 Å². The summed E-state index contributed by atoms with van der Waals surface area (Å²) in [5.41, 5.74) is 3.97. The van der Waals surface area contributed by atoms with Crippen LogP contribution in [0.1, 0.15) is 59.3 Å². The number of aliphatic carboxylic acids is 1. The second-order valence-electron chi connectivity index (χ2n) is 12.3. The molecule has 2 rings (SSSR count). The molecule has 0 unspecified atom stereocenters. The molecule has 0 saturated carbocycles. The Hall–Kier alpha value is -3.87. The number of carbonyl (C=O) groups excluding carboxylic acids is 1. The molecule has 0 spiro atoms. The number of para-hydroxylation sites is 2. The molecular formula is C32H49Cl2F3N6O12S2. The van der Waals surface area contributed by atoms with Gasteiger partial charge in [-0.25, -0.2) is 35.0 Å². The lowest BCUT2D eigenvalue weighted by Crippen LogP contribution is -2.33. The Morgan fingerprint density at radius 1 is 0.789 bits per heavy atom. The van der Waals surface area contributed by atoms with Gasteiger partial charge < -0.3 is 20.9 Å². The first-order chi connectivity index (χ1) is 26.2. The number of nitrogens with one attached hydrogen (secondary N) is 1. The van der Waals surface area contributed by atoms with Gasteiger partial charge in [-0.15, -0.1) is 23.2 Å². The van der Waals surface area contributed by atoms with Gasteiger partial charge in [0.2, 0.25) is 20.0 Å². The summed E-state index contributed by atoms with van der Waals surface area (Å²) in [5.74, 6) is -2.76. The van der Waals surface area contributed by atoms with Gasteiger partial charge >= 0.3 is 18.2 Å². The summed E-state index contributed by atoms with van der Waals surface area (Å²) in [4.78, 5) is 40.4. The zero-order valence-corrected chi connectivity index (χ0v) is 35.1. The average Bonchev–Trinajstić information content (AvgIpc) is 3.11. The van der Waals surface area contributed by atoms with Crippen LogP contribution >= 0.6 is 23.2 Å². The zero-order chi connectivity index (χ0) is 44.6. The van der Waals surface area contributed by atoms with E-state index in [9.17, 15) is 55.0 Å². The van der Waals surface area contributed by atoms with E-state index in [1.165, 1.54) is 62.6 Å². The smallest absolute Gasteiger partial charge is 0.475 e. The number of alkyl carbamates (subject to hydrolysis) is 1. The van der Waals surface area contributed by atoms with Crippen LogP contribution < -0.4 is 11.1 Å². The van der Waals surface area contributed by atoms with E-state index in [4.69, 9.17) is 43.6 Å². The summed E-state index contributed by atoms with van der Waals surface area (Å²) in [6.07, 6.45) is -1.32. The van der Waals surface area contributed by atoms with Crippen LogP contribution in [0.15, 0.2) is 58.3 Å². The van der Waals surface area contributed by atoms with Crippen molar-refractivity contribution >= 4 is 66.7 Å². The Morgan fingerprint density at radius 3 is 1.46 bits per heavy atom. The van der Waals surface area contributed by atoms with Crippen molar-refractivity contribution in [3.63, 3.8) is 0 Å². The topological polar surface area (TPSA) is 263 Å². The van der Waals surface area contributed by atoms with Gasteiger partial charge in [-0.1, -0.05) is 37.1 Å². The lowest BCUT2D eigenvalue weighted by molar-refractivity contribution is -0.388. The number of benzene rings is 2. The first-order valence-corrected chi connectivity index (χ1v) is 20.7. The maximum absolute atomic E-state index is 12.5. The SMILES string of the molecule is CN(CCCCCN)S(=O)(=O)c1ccccc1[N+](=O)[O-].CN(CCCCCNC(=O)OC(C)(C)C)S(=O)(=O)c1ccccc1[N+](=O)[O-].ClCCl.O=C(O)C(F)(F)F. The van der Waals surface area contributed by atoms with Crippen molar-refractivity contribution in [1.82, 2.24) is 13.9 Å². The fourth-order valence-electron chi connectivity index (χ4n) is 4.02. The third-order valence-corrected chi connectivity index (χ3v) is 10.5. The van der Waals surface area contributed by atoms with Gasteiger partial charge in [0.05, 0.1) is 15.2 Å². The Balaban J connectivity index is 0. The van der Waals surface area contributed by atoms with Gasteiger partial charge in [0, 0.05) is 45.9 Å². The largest absolute Gasteiger partial charge is 0.490 e. The summed E-state index contributed by atoms with van der Waals surface area (Å²) < 4.78 is 88.8. The van der Waals surface area contributed by atoms with Gasteiger partial charge in [0.1, 0.15) is 5.60 Å². The molecule has 0 aliphatic carbocycles. The highest BCUT2D eigenvalue weighted by atomic mass is 35.5. The number of carboxylic acid groups (broad SMARTS) is 1. The maximum Gasteiger partial charge on any atom is 0.490 e. The van der Waals surface area contributed by atoms with E-state index in [1.54, 1.807) is 20.8 Å². The molecule has 326 valence electrons. The Morgan fingerprint density at radius 2 is 1.14 bits per heavy atom. The first-order valence-electron chi connectivity index (χ1n) is 16.7. The van der Waals surface area contributed by atoms with Crippen molar-refractivity contribution in [3.8, 4) is 0 Å². The minimum atomic E-state index is -5.08. The quantitative estimate of drug-likeness (QED) is 0.0681. The molecule has 0 bridgehead atoms. The van der Waals surface area contributed by atoms with Crippen LogP contribution in [0.3, 0.4) is 0 Å². The third-order valence-electron chi connectivity index (χ3n) is 6.74.